The smallest absolute Gasteiger partial charge is 0.345 e. The first-order valence-electron chi connectivity index (χ1n) is 13.4. The summed E-state index contributed by atoms with van der Waals surface area (Å²) in [7, 11) is 0. The Bertz CT molecular complexity index is 1160. The summed E-state index contributed by atoms with van der Waals surface area (Å²) in [6, 6.07) is 0. The van der Waals surface area contributed by atoms with E-state index in [1.54, 1.807) is 10.6 Å². The van der Waals surface area contributed by atoms with Crippen molar-refractivity contribution in [1.29, 1.82) is 0 Å². The molecule has 2 unspecified atom stereocenters. The van der Waals surface area contributed by atoms with E-state index >= 15 is 0 Å². The van der Waals surface area contributed by atoms with Crippen LogP contribution in [0, 0.1) is 34.0 Å². The SMILES string of the molecule is C=C[C@]1(C)C[C@@H](OC(=O)c2cn3c(nc2=O)NCCC3)[C@]2(C)C(C)CC[C@]3(CCC(=O)C32)[C@@H](C)[C@@H]1O. The molecule has 1 aromatic rings. The van der Waals surface area contributed by atoms with Crippen LogP contribution in [0.5, 0.6) is 0 Å². The second kappa shape index (κ2) is 8.54. The van der Waals surface area contributed by atoms with E-state index in [0.29, 0.717) is 25.3 Å². The molecule has 0 spiro atoms. The number of hydrogen-bond donors (Lipinski definition) is 2. The van der Waals surface area contributed by atoms with Crippen molar-refractivity contribution < 1.29 is 19.4 Å². The van der Waals surface area contributed by atoms with Gasteiger partial charge >= 0.3 is 5.97 Å². The fourth-order valence-corrected chi connectivity index (χ4v) is 8.09. The van der Waals surface area contributed by atoms with Gasteiger partial charge in [0, 0.05) is 42.5 Å². The van der Waals surface area contributed by atoms with Crippen LogP contribution >= 0.6 is 0 Å². The second-order valence-corrected chi connectivity index (χ2v) is 12.2. The van der Waals surface area contributed by atoms with Crippen molar-refractivity contribution in [2.24, 2.45) is 34.0 Å². The zero-order valence-corrected chi connectivity index (χ0v) is 21.9. The van der Waals surface area contributed by atoms with E-state index in [1.807, 2.05) is 6.92 Å². The summed E-state index contributed by atoms with van der Waals surface area (Å²) >= 11 is 0. The predicted octanol–water partition coefficient (Wildman–Crippen LogP) is 3.58. The fraction of sp³-hybridized carbons (Fsp3) is 0.714. The van der Waals surface area contributed by atoms with Gasteiger partial charge in [-0.2, -0.15) is 4.98 Å². The molecule has 3 saturated carbocycles. The molecule has 196 valence electrons. The number of rotatable bonds is 3. The predicted molar refractivity (Wildman–Crippen MR) is 136 cm³/mol. The van der Waals surface area contributed by atoms with Crippen LogP contribution in [0.2, 0.25) is 0 Å². The Hall–Kier alpha value is -2.48. The maximum atomic E-state index is 13.6. The van der Waals surface area contributed by atoms with Gasteiger partial charge in [-0.3, -0.25) is 9.59 Å². The number of fused-ring (bicyclic) bond motifs is 1. The first kappa shape index (κ1) is 25.2. The molecule has 8 nitrogen and oxygen atoms in total. The average Bonchev–Trinajstić information content (AvgIpc) is 3.22. The topological polar surface area (TPSA) is 111 Å². The lowest BCUT2D eigenvalue weighted by atomic mass is 9.44. The number of esters is 1. The number of hydrogen-bond acceptors (Lipinski definition) is 7. The number of aromatic nitrogens is 2. The number of nitrogens with one attached hydrogen (secondary N) is 1. The molecule has 0 radical (unpaired) electrons. The molecular formula is C28H39N3O5. The molecule has 2 N–H and O–H groups in total. The Balaban J connectivity index is 1.60. The first-order valence-corrected chi connectivity index (χ1v) is 13.4. The van der Waals surface area contributed by atoms with Gasteiger partial charge in [0.2, 0.25) is 5.95 Å². The van der Waals surface area contributed by atoms with Gasteiger partial charge in [-0.25, -0.2) is 4.79 Å². The van der Waals surface area contributed by atoms with Crippen molar-refractivity contribution in [1.82, 2.24) is 9.55 Å². The Morgan fingerprint density at radius 2 is 2.06 bits per heavy atom. The molecule has 1 aliphatic heterocycles. The van der Waals surface area contributed by atoms with Crippen molar-refractivity contribution in [3.8, 4) is 0 Å². The van der Waals surface area contributed by atoms with E-state index < -0.39 is 34.6 Å². The number of anilines is 1. The number of aryl methyl sites for hydroxylation is 1. The zero-order chi connectivity index (χ0) is 26.0. The van der Waals surface area contributed by atoms with E-state index in [4.69, 9.17) is 4.74 Å². The normalized spacial score (nSPS) is 41.8. The highest BCUT2D eigenvalue weighted by atomic mass is 16.5. The van der Waals surface area contributed by atoms with Gasteiger partial charge in [0.25, 0.3) is 5.56 Å². The van der Waals surface area contributed by atoms with Crippen molar-refractivity contribution in [3.63, 3.8) is 0 Å². The van der Waals surface area contributed by atoms with E-state index in [1.165, 1.54) is 6.20 Å². The Morgan fingerprint density at radius 1 is 1.31 bits per heavy atom. The molecule has 5 rings (SSSR count). The maximum absolute atomic E-state index is 13.6. The van der Waals surface area contributed by atoms with Crippen molar-refractivity contribution in [3.05, 3.63) is 34.8 Å². The Kier molecular flexibility index (Phi) is 5.97. The minimum Gasteiger partial charge on any atom is -0.458 e. The number of ketones is 1. The molecule has 2 bridgehead atoms. The van der Waals surface area contributed by atoms with Crippen molar-refractivity contribution >= 4 is 17.7 Å². The molecule has 3 aliphatic carbocycles. The lowest BCUT2D eigenvalue weighted by molar-refractivity contribution is -0.192. The van der Waals surface area contributed by atoms with E-state index in [0.717, 1.165) is 32.2 Å². The van der Waals surface area contributed by atoms with Gasteiger partial charge in [-0.1, -0.05) is 33.8 Å². The number of nitrogens with zero attached hydrogens (tertiary/aromatic N) is 2. The molecule has 1 aromatic heterocycles. The highest BCUT2D eigenvalue weighted by Gasteiger charge is 2.68. The van der Waals surface area contributed by atoms with Crippen LogP contribution in [0.15, 0.2) is 23.6 Å². The minimum atomic E-state index is -0.732. The number of aliphatic hydroxyl groups excluding tert-OH is 1. The molecule has 0 aromatic carbocycles. The van der Waals surface area contributed by atoms with Gasteiger partial charge in [-0.05, 0) is 49.4 Å². The largest absolute Gasteiger partial charge is 0.458 e. The summed E-state index contributed by atoms with van der Waals surface area (Å²) in [6.07, 6.45) is 6.09. The summed E-state index contributed by atoms with van der Waals surface area (Å²) in [5, 5.41) is 14.7. The highest BCUT2D eigenvalue weighted by Crippen LogP contribution is 2.68. The summed E-state index contributed by atoms with van der Waals surface area (Å²) in [5.41, 5.74) is -2.42. The van der Waals surface area contributed by atoms with Crippen LogP contribution in [0.25, 0.3) is 0 Å². The minimum absolute atomic E-state index is 0.0950. The molecule has 0 saturated heterocycles. The third kappa shape index (κ3) is 3.43. The summed E-state index contributed by atoms with van der Waals surface area (Å²) in [5.74, 6) is -0.339. The van der Waals surface area contributed by atoms with E-state index in [2.05, 4.69) is 37.7 Å². The van der Waals surface area contributed by atoms with Gasteiger partial charge < -0.3 is 19.7 Å². The van der Waals surface area contributed by atoms with Crippen LogP contribution in [0.1, 0.15) is 76.6 Å². The maximum Gasteiger partial charge on any atom is 0.345 e. The molecule has 2 heterocycles. The number of ether oxygens (including phenoxy) is 1. The zero-order valence-electron chi connectivity index (χ0n) is 21.9. The number of carbonyl (C=O) groups is 2. The molecular weight excluding hydrogens is 458 g/mol. The highest BCUT2D eigenvalue weighted by molar-refractivity contribution is 5.89. The van der Waals surface area contributed by atoms with Gasteiger partial charge in [0.05, 0.1) is 6.10 Å². The lowest BCUT2D eigenvalue weighted by Gasteiger charge is -2.61. The van der Waals surface area contributed by atoms with Gasteiger partial charge in [0.1, 0.15) is 17.5 Å². The summed E-state index contributed by atoms with van der Waals surface area (Å²) in [6.45, 7) is 13.7. The Labute approximate surface area is 212 Å². The number of Topliss-reactive ketones (excluding diaryl/α,β-unsaturated/α-hetero) is 1. The quantitative estimate of drug-likeness (QED) is 0.485. The van der Waals surface area contributed by atoms with E-state index in [-0.39, 0.29) is 34.5 Å². The van der Waals surface area contributed by atoms with Gasteiger partial charge in [-0.15, -0.1) is 6.58 Å². The second-order valence-electron chi connectivity index (χ2n) is 12.2. The summed E-state index contributed by atoms with van der Waals surface area (Å²) in [4.78, 5) is 44.0. The molecule has 8 heteroatoms. The van der Waals surface area contributed by atoms with Crippen molar-refractivity contribution in [2.75, 3.05) is 11.9 Å². The monoisotopic (exact) mass is 497 g/mol. The molecule has 4 aliphatic rings. The molecule has 8 atom stereocenters. The van der Waals surface area contributed by atoms with Crippen molar-refractivity contribution in [2.45, 2.75) is 85.0 Å². The van der Waals surface area contributed by atoms with Crippen LogP contribution in [0.4, 0.5) is 5.95 Å². The van der Waals surface area contributed by atoms with E-state index in [9.17, 15) is 19.5 Å². The molecule has 3 fully saturated rings. The third-order valence-corrected chi connectivity index (χ3v) is 10.6. The van der Waals surface area contributed by atoms with Crippen LogP contribution in [-0.2, 0) is 16.1 Å². The van der Waals surface area contributed by atoms with Crippen LogP contribution in [-0.4, -0.2) is 45.2 Å². The van der Waals surface area contributed by atoms with Crippen LogP contribution in [0.3, 0.4) is 0 Å². The standard InChI is InChI=1S/C28H39N3O5/c1-6-26(4)14-20(36-24(35)18-15-31-13-7-12-29-25(31)30-23(18)34)27(5)16(2)8-10-28(17(3)22(26)33)11-9-19(32)21(27)28/h6,15-17,20-22,33H,1,7-14H2,2-5H3,(H,29,30,34)/t16?,17-,20+,21?,22-,26+,27-,28-/m0/s1. The van der Waals surface area contributed by atoms with Crippen LogP contribution < -0.4 is 10.9 Å². The first-order chi connectivity index (χ1) is 17.0. The Morgan fingerprint density at radius 3 is 2.78 bits per heavy atom. The molecule has 36 heavy (non-hydrogen) atoms. The average molecular weight is 498 g/mol. The summed E-state index contributed by atoms with van der Waals surface area (Å²) < 4.78 is 8.03. The number of carbonyl (C=O) groups excluding carboxylic acids is 2. The lowest BCUT2D eigenvalue weighted by Crippen LogP contribution is -2.63. The fourth-order valence-electron chi connectivity index (χ4n) is 8.09. The third-order valence-electron chi connectivity index (χ3n) is 10.6. The molecule has 0 amide bonds. The number of aliphatic hydroxyl groups is 1. The van der Waals surface area contributed by atoms with Gasteiger partial charge in [0.15, 0.2) is 0 Å².